The summed E-state index contributed by atoms with van der Waals surface area (Å²) in [7, 11) is 0. The molecule has 0 aromatic carbocycles. The number of ether oxygens (including phenoxy) is 2. The number of hydrogen-bond donors (Lipinski definition) is 1. The summed E-state index contributed by atoms with van der Waals surface area (Å²) in [5.74, 6) is 0. The van der Waals surface area contributed by atoms with Crippen LogP contribution in [0.15, 0.2) is 0 Å². The molecule has 0 spiro atoms. The highest BCUT2D eigenvalue weighted by Crippen LogP contribution is 2.22. The molecule has 5 nitrogen and oxygen atoms in total. The molecule has 2 aliphatic rings. The molecule has 0 aromatic heterocycles. The molecule has 0 radical (unpaired) electrons. The van der Waals surface area contributed by atoms with E-state index in [1.165, 1.54) is 0 Å². The normalized spacial score (nSPS) is 32.1. The van der Waals surface area contributed by atoms with Crippen molar-refractivity contribution in [2.75, 3.05) is 26.3 Å². The van der Waals surface area contributed by atoms with Crippen LogP contribution in [0.1, 0.15) is 46.5 Å². The van der Waals surface area contributed by atoms with Gasteiger partial charge in [0.25, 0.3) is 0 Å². The summed E-state index contributed by atoms with van der Waals surface area (Å²) in [6.07, 6.45) is 4.16. The van der Waals surface area contributed by atoms with E-state index in [2.05, 4.69) is 26.1 Å². The molecule has 2 amide bonds. The molecule has 2 heterocycles. The van der Waals surface area contributed by atoms with Gasteiger partial charge < -0.3 is 19.7 Å². The van der Waals surface area contributed by atoms with Gasteiger partial charge in [-0.3, -0.25) is 0 Å². The zero-order chi connectivity index (χ0) is 14.6. The van der Waals surface area contributed by atoms with Gasteiger partial charge in [0.15, 0.2) is 0 Å². The van der Waals surface area contributed by atoms with E-state index >= 15 is 0 Å². The van der Waals surface area contributed by atoms with Crippen LogP contribution in [0.4, 0.5) is 4.79 Å². The lowest BCUT2D eigenvalue weighted by molar-refractivity contribution is -0.0877. The molecule has 5 heteroatoms. The smallest absolute Gasteiger partial charge is 0.317 e. The Balaban J connectivity index is 1.89. The van der Waals surface area contributed by atoms with Gasteiger partial charge in [-0.1, -0.05) is 13.8 Å². The Morgan fingerprint density at radius 1 is 1.45 bits per heavy atom. The van der Waals surface area contributed by atoms with E-state index in [4.69, 9.17) is 9.47 Å². The Bertz CT molecular complexity index is 331. The first-order valence-electron chi connectivity index (χ1n) is 7.89. The Kier molecular flexibility index (Phi) is 5.27. The Labute approximate surface area is 122 Å². The first-order valence-corrected chi connectivity index (χ1v) is 7.89. The number of hydrogen-bond acceptors (Lipinski definition) is 3. The van der Waals surface area contributed by atoms with Crippen LogP contribution in [0.3, 0.4) is 0 Å². The standard InChI is InChI=1S/C15H28N2O3/c1-4-12(13-7-6-9-19-13)16-14(18)17-8-10-20-15(3,5-2)11-17/h12-13H,4-11H2,1-3H3,(H,16,18)/t12-,13+,15+/m0/s1. The van der Waals surface area contributed by atoms with Crippen molar-refractivity contribution in [3.8, 4) is 0 Å². The SMILES string of the molecule is CC[C@H](NC(=O)N1CCO[C@](C)(CC)C1)[C@H]1CCCO1. The van der Waals surface area contributed by atoms with Crippen LogP contribution in [0, 0.1) is 0 Å². The summed E-state index contributed by atoms with van der Waals surface area (Å²) in [5.41, 5.74) is -0.207. The van der Waals surface area contributed by atoms with Gasteiger partial charge in [-0.2, -0.15) is 0 Å². The summed E-state index contributed by atoms with van der Waals surface area (Å²) < 4.78 is 11.5. The number of morpholine rings is 1. The zero-order valence-electron chi connectivity index (χ0n) is 13.0. The van der Waals surface area contributed by atoms with Crippen LogP contribution in [0.5, 0.6) is 0 Å². The van der Waals surface area contributed by atoms with Crippen LogP contribution in [-0.4, -0.2) is 55.0 Å². The van der Waals surface area contributed by atoms with Gasteiger partial charge in [0.2, 0.25) is 0 Å². The third kappa shape index (κ3) is 3.64. The van der Waals surface area contributed by atoms with Crippen LogP contribution in [0.2, 0.25) is 0 Å². The molecule has 0 aromatic rings. The van der Waals surface area contributed by atoms with Crippen molar-refractivity contribution in [2.24, 2.45) is 0 Å². The van der Waals surface area contributed by atoms with Crippen molar-refractivity contribution in [3.63, 3.8) is 0 Å². The molecular formula is C15H28N2O3. The largest absolute Gasteiger partial charge is 0.376 e. The van der Waals surface area contributed by atoms with Crippen LogP contribution in [-0.2, 0) is 9.47 Å². The molecule has 116 valence electrons. The Hall–Kier alpha value is -0.810. The summed E-state index contributed by atoms with van der Waals surface area (Å²) in [6.45, 7) is 9.05. The average molecular weight is 284 g/mol. The van der Waals surface area contributed by atoms with Gasteiger partial charge in [-0.05, 0) is 32.6 Å². The summed E-state index contributed by atoms with van der Waals surface area (Å²) >= 11 is 0. The fourth-order valence-corrected chi connectivity index (χ4v) is 2.95. The third-order valence-electron chi connectivity index (χ3n) is 4.53. The van der Waals surface area contributed by atoms with Gasteiger partial charge >= 0.3 is 6.03 Å². The summed E-state index contributed by atoms with van der Waals surface area (Å²) in [4.78, 5) is 14.3. The van der Waals surface area contributed by atoms with Gasteiger partial charge in [0, 0.05) is 13.2 Å². The first-order chi connectivity index (χ1) is 9.58. The number of carbonyl (C=O) groups excluding carboxylic acids is 1. The van der Waals surface area contributed by atoms with E-state index < -0.39 is 0 Å². The molecule has 2 aliphatic heterocycles. The zero-order valence-corrected chi connectivity index (χ0v) is 13.0. The molecule has 2 fully saturated rings. The number of nitrogens with one attached hydrogen (secondary N) is 1. The number of amides is 2. The maximum absolute atomic E-state index is 12.4. The number of carbonyl (C=O) groups is 1. The second-order valence-electron chi connectivity index (χ2n) is 6.09. The second-order valence-corrected chi connectivity index (χ2v) is 6.09. The topological polar surface area (TPSA) is 50.8 Å². The highest BCUT2D eigenvalue weighted by Gasteiger charge is 2.34. The van der Waals surface area contributed by atoms with Gasteiger partial charge in [0.05, 0.1) is 30.9 Å². The van der Waals surface area contributed by atoms with Crippen molar-refractivity contribution >= 4 is 6.03 Å². The van der Waals surface area contributed by atoms with E-state index in [1.54, 1.807) is 0 Å². The van der Waals surface area contributed by atoms with Crippen LogP contribution < -0.4 is 5.32 Å². The highest BCUT2D eigenvalue weighted by atomic mass is 16.5. The van der Waals surface area contributed by atoms with E-state index in [9.17, 15) is 4.79 Å². The number of urea groups is 1. The average Bonchev–Trinajstić information content (AvgIpc) is 2.98. The van der Waals surface area contributed by atoms with Gasteiger partial charge in [-0.25, -0.2) is 4.79 Å². The lowest BCUT2D eigenvalue weighted by atomic mass is 10.0. The van der Waals surface area contributed by atoms with Crippen molar-refractivity contribution < 1.29 is 14.3 Å². The summed E-state index contributed by atoms with van der Waals surface area (Å²) in [6, 6.07) is 0.149. The highest BCUT2D eigenvalue weighted by molar-refractivity contribution is 5.74. The van der Waals surface area contributed by atoms with E-state index in [0.29, 0.717) is 19.7 Å². The lowest BCUT2D eigenvalue weighted by Gasteiger charge is -2.40. The molecule has 1 N–H and O–H groups in total. The van der Waals surface area contributed by atoms with E-state index in [1.807, 2.05) is 4.90 Å². The number of nitrogens with zero attached hydrogens (tertiary/aromatic N) is 1. The van der Waals surface area contributed by atoms with E-state index in [0.717, 1.165) is 32.3 Å². The van der Waals surface area contributed by atoms with Crippen molar-refractivity contribution in [1.29, 1.82) is 0 Å². The predicted octanol–water partition coefficient (Wildman–Crippen LogP) is 2.15. The van der Waals surface area contributed by atoms with Crippen LogP contribution in [0.25, 0.3) is 0 Å². The van der Waals surface area contributed by atoms with Crippen LogP contribution >= 0.6 is 0 Å². The first kappa shape index (κ1) is 15.6. The molecule has 20 heavy (non-hydrogen) atoms. The quantitative estimate of drug-likeness (QED) is 0.860. The fourth-order valence-electron chi connectivity index (χ4n) is 2.95. The second kappa shape index (κ2) is 6.76. The minimum absolute atomic E-state index is 0.0234. The minimum atomic E-state index is -0.207. The molecule has 2 rings (SSSR count). The third-order valence-corrected chi connectivity index (χ3v) is 4.53. The summed E-state index contributed by atoms with van der Waals surface area (Å²) in [5, 5.41) is 3.15. The molecular weight excluding hydrogens is 256 g/mol. The molecule has 0 saturated carbocycles. The van der Waals surface area contributed by atoms with Crippen molar-refractivity contribution in [1.82, 2.24) is 10.2 Å². The monoisotopic (exact) mass is 284 g/mol. The predicted molar refractivity (Wildman–Crippen MR) is 77.8 cm³/mol. The molecule has 0 unspecified atom stereocenters. The lowest BCUT2D eigenvalue weighted by Crippen LogP contribution is -2.57. The van der Waals surface area contributed by atoms with E-state index in [-0.39, 0.29) is 23.8 Å². The molecule has 0 aliphatic carbocycles. The Morgan fingerprint density at radius 2 is 2.25 bits per heavy atom. The maximum atomic E-state index is 12.4. The van der Waals surface area contributed by atoms with Crippen molar-refractivity contribution in [3.05, 3.63) is 0 Å². The maximum Gasteiger partial charge on any atom is 0.317 e. The molecule has 0 bridgehead atoms. The Morgan fingerprint density at radius 3 is 2.85 bits per heavy atom. The fraction of sp³-hybridized carbons (Fsp3) is 0.933. The molecule has 3 atom stereocenters. The van der Waals surface area contributed by atoms with Gasteiger partial charge in [0.1, 0.15) is 0 Å². The minimum Gasteiger partial charge on any atom is -0.376 e. The van der Waals surface area contributed by atoms with Gasteiger partial charge in [-0.15, -0.1) is 0 Å². The van der Waals surface area contributed by atoms with Crippen molar-refractivity contribution in [2.45, 2.75) is 64.2 Å². The molecule has 2 saturated heterocycles. The number of rotatable bonds is 4.